The number of aromatic nitrogens is 3. The van der Waals surface area contributed by atoms with Gasteiger partial charge in [-0.25, -0.2) is 4.98 Å². The zero-order valence-corrected chi connectivity index (χ0v) is 9.68. The summed E-state index contributed by atoms with van der Waals surface area (Å²) in [4.78, 5) is 18.4. The molecule has 1 amide bonds. The highest BCUT2D eigenvalue weighted by Gasteiger charge is 2.28. The van der Waals surface area contributed by atoms with Crippen LogP contribution in [0.25, 0.3) is 11.0 Å². The van der Waals surface area contributed by atoms with Crippen LogP contribution in [0.2, 0.25) is 0 Å². The van der Waals surface area contributed by atoms with Crippen molar-refractivity contribution in [3.63, 3.8) is 0 Å². The van der Waals surface area contributed by atoms with Crippen LogP contribution in [0.5, 0.6) is 0 Å². The van der Waals surface area contributed by atoms with E-state index in [1.807, 2.05) is 17.0 Å². The number of H-pyrrole nitrogens is 1. The fourth-order valence-electron chi connectivity index (χ4n) is 2.39. The molecule has 1 N–H and O–H groups in total. The first-order valence-corrected chi connectivity index (χ1v) is 5.87. The Morgan fingerprint density at radius 3 is 3.24 bits per heavy atom. The van der Waals surface area contributed by atoms with E-state index in [4.69, 9.17) is 0 Å². The fourth-order valence-corrected chi connectivity index (χ4v) is 2.39. The molecule has 2 aromatic rings. The van der Waals surface area contributed by atoms with Crippen molar-refractivity contribution >= 4 is 16.9 Å². The molecule has 0 radical (unpaired) electrons. The normalized spacial score (nSPS) is 20.1. The van der Waals surface area contributed by atoms with Crippen LogP contribution in [-0.2, 0) is 0 Å². The first-order valence-electron chi connectivity index (χ1n) is 5.87. The first kappa shape index (κ1) is 10.3. The van der Waals surface area contributed by atoms with Crippen molar-refractivity contribution in [2.45, 2.75) is 25.8 Å². The van der Waals surface area contributed by atoms with Gasteiger partial charge >= 0.3 is 0 Å². The second-order valence-corrected chi connectivity index (χ2v) is 4.46. The van der Waals surface area contributed by atoms with Gasteiger partial charge < -0.3 is 4.90 Å². The molecule has 1 saturated heterocycles. The van der Waals surface area contributed by atoms with E-state index >= 15 is 0 Å². The van der Waals surface area contributed by atoms with Crippen molar-refractivity contribution in [2.24, 2.45) is 0 Å². The molecule has 88 valence electrons. The lowest BCUT2D eigenvalue weighted by Crippen LogP contribution is -2.33. The van der Waals surface area contributed by atoms with Gasteiger partial charge in [0.2, 0.25) is 0 Å². The van der Waals surface area contributed by atoms with E-state index in [-0.39, 0.29) is 5.91 Å². The van der Waals surface area contributed by atoms with Crippen LogP contribution in [0.4, 0.5) is 0 Å². The van der Waals surface area contributed by atoms with Crippen LogP contribution in [0.15, 0.2) is 18.3 Å². The second kappa shape index (κ2) is 3.84. The quantitative estimate of drug-likeness (QED) is 0.809. The van der Waals surface area contributed by atoms with Gasteiger partial charge in [0.15, 0.2) is 5.65 Å². The van der Waals surface area contributed by atoms with E-state index in [1.165, 1.54) is 0 Å². The Morgan fingerprint density at radius 1 is 1.59 bits per heavy atom. The summed E-state index contributed by atoms with van der Waals surface area (Å²) in [5.41, 5.74) is 1.16. The summed E-state index contributed by atoms with van der Waals surface area (Å²) >= 11 is 0. The predicted octanol–water partition coefficient (Wildman–Crippen LogP) is 1.58. The Kier molecular flexibility index (Phi) is 2.31. The lowest BCUT2D eigenvalue weighted by molar-refractivity contribution is 0.0743. The van der Waals surface area contributed by atoms with Crippen molar-refractivity contribution in [3.8, 4) is 0 Å². The first-order chi connectivity index (χ1) is 8.27. The fraction of sp³-hybridized carbons (Fsp3) is 0.417. The van der Waals surface area contributed by atoms with Crippen LogP contribution in [0.3, 0.4) is 0 Å². The molecule has 5 nitrogen and oxygen atoms in total. The van der Waals surface area contributed by atoms with E-state index in [0.29, 0.717) is 17.4 Å². The van der Waals surface area contributed by atoms with Crippen LogP contribution in [0, 0.1) is 0 Å². The summed E-state index contributed by atoms with van der Waals surface area (Å²) < 4.78 is 0. The molecule has 0 saturated carbocycles. The Morgan fingerprint density at radius 2 is 2.47 bits per heavy atom. The summed E-state index contributed by atoms with van der Waals surface area (Å²) in [6.45, 7) is 2.92. The maximum absolute atomic E-state index is 12.4. The van der Waals surface area contributed by atoms with E-state index in [0.717, 1.165) is 24.8 Å². The highest BCUT2D eigenvalue weighted by Crippen LogP contribution is 2.21. The lowest BCUT2D eigenvalue weighted by atomic mass is 10.2. The number of nitrogens with one attached hydrogen (secondary N) is 1. The molecule has 5 heteroatoms. The van der Waals surface area contributed by atoms with Gasteiger partial charge in [0.1, 0.15) is 5.69 Å². The van der Waals surface area contributed by atoms with Gasteiger partial charge in [0.25, 0.3) is 5.91 Å². The number of carbonyl (C=O) groups is 1. The molecule has 1 fully saturated rings. The third-order valence-electron chi connectivity index (χ3n) is 3.36. The van der Waals surface area contributed by atoms with Gasteiger partial charge in [-0.15, -0.1) is 0 Å². The highest BCUT2D eigenvalue weighted by atomic mass is 16.2. The number of carbonyl (C=O) groups excluding carboxylic acids is 1. The van der Waals surface area contributed by atoms with E-state index in [1.54, 1.807) is 6.20 Å². The standard InChI is InChI=1S/C12H14N4O/c1-8-4-3-7-16(8)12(17)10-9-5-2-6-13-11(9)15-14-10/h2,5-6,8H,3-4,7H2,1H3,(H,13,14,15). The number of aromatic amines is 1. The molecule has 0 bridgehead atoms. The molecule has 1 unspecified atom stereocenters. The summed E-state index contributed by atoms with van der Waals surface area (Å²) in [6, 6.07) is 4.01. The number of nitrogens with zero attached hydrogens (tertiary/aromatic N) is 3. The summed E-state index contributed by atoms with van der Waals surface area (Å²) in [7, 11) is 0. The van der Waals surface area contributed by atoms with Crippen LogP contribution in [-0.4, -0.2) is 38.6 Å². The molecule has 0 aromatic carbocycles. The number of hydrogen-bond donors (Lipinski definition) is 1. The van der Waals surface area contributed by atoms with Crippen LogP contribution < -0.4 is 0 Å². The van der Waals surface area contributed by atoms with Gasteiger partial charge in [0.05, 0.1) is 5.39 Å². The average Bonchev–Trinajstić information content (AvgIpc) is 2.94. The molecule has 3 rings (SSSR count). The number of rotatable bonds is 1. The van der Waals surface area contributed by atoms with Crippen molar-refractivity contribution in [1.29, 1.82) is 0 Å². The van der Waals surface area contributed by atoms with Crippen molar-refractivity contribution < 1.29 is 4.79 Å². The zero-order valence-electron chi connectivity index (χ0n) is 9.68. The second-order valence-electron chi connectivity index (χ2n) is 4.46. The predicted molar refractivity (Wildman–Crippen MR) is 63.6 cm³/mol. The van der Waals surface area contributed by atoms with E-state index in [2.05, 4.69) is 22.1 Å². The third-order valence-corrected chi connectivity index (χ3v) is 3.36. The van der Waals surface area contributed by atoms with Gasteiger partial charge in [-0.05, 0) is 31.9 Å². The Balaban J connectivity index is 2.01. The Labute approximate surface area is 98.8 Å². The number of amides is 1. The topological polar surface area (TPSA) is 61.9 Å². The molecule has 1 aliphatic heterocycles. The van der Waals surface area contributed by atoms with Gasteiger partial charge in [-0.3, -0.25) is 9.89 Å². The molecule has 1 aliphatic rings. The molecule has 0 aliphatic carbocycles. The van der Waals surface area contributed by atoms with Crippen LogP contribution >= 0.6 is 0 Å². The smallest absolute Gasteiger partial charge is 0.272 e. The lowest BCUT2D eigenvalue weighted by Gasteiger charge is -2.20. The van der Waals surface area contributed by atoms with Gasteiger partial charge in [-0.1, -0.05) is 0 Å². The minimum absolute atomic E-state index is 0.0329. The SMILES string of the molecule is CC1CCCN1C(=O)c1[nH]nc2ncccc12. The average molecular weight is 230 g/mol. The maximum atomic E-state index is 12.4. The Bertz CT molecular complexity index is 562. The van der Waals surface area contributed by atoms with Gasteiger partial charge in [0, 0.05) is 18.8 Å². The van der Waals surface area contributed by atoms with Crippen molar-refractivity contribution in [1.82, 2.24) is 20.1 Å². The molecular formula is C12H14N4O. The molecule has 2 aromatic heterocycles. The zero-order chi connectivity index (χ0) is 11.8. The van der Waals surface area contributed by atoms with Crippen LogP contribution in [0.1, 0.15) is 30.3 Å². The minimum atomic E-state index is 0.0329. The largest absolute Gasteiger partial charge is 0.335 e. The third kappa shape index (κ3) is 1.58. The molecular weight excluding hydrogens is 216 g/mol. The monoisotopic (exact) mass is 230 g/mol. The van der Waals surface area contributed by atoms with Crippen molar-refractivity contribution in [2.75, 3.05) is 6.54 Å². The minimum Gasteiger partial charge on any atom is -0.335 e. The maximum Gasteiger partial charge on any atom is 0.272 e. The number of pyridine rings is 1. The molecule has 17 heavy (non-hydrogen) atoms. The molecule has 0 spiro atoms. The number of hydrogen-bond acceptors (Lipinski definition) is 3. The van der Waals surface area contributed by atoms with Crippen molar-refractivity contribution in [3.05, 3.63) is 24.0 Å². The molecule has 3 heterocycles. The van der Waals surface area contributed by atoms with E-state index < -0.39 is 0 Å². The number of likely N-dealkylation sites (tertiary alicyclic amines) is 1. The summed E-state index contributed by atoms with van der Waals surface area (Å²) in [6.07, 6.45) is 3.84. The summed E-state index contributed by atoms with van der Waals surface area (Å²) in [5, 5.41) is 7.66. The Hall–Kier alpha value is -1.91. The number of fused-ring (bicyclic) bond motifs is 1. The molecule has 1 atom stereocenters. The highest BCUT2D eigenvalue weighted by molar-refractivity contribution is 6.03. The summed E-state index contributed by atoms with van der Waals surface area (Å²) in [5.74, 6) is 0.0329. The van der Waals surface area contributed by atoms with Gasteiger partial charge in [-0.2, -0.15) is 5.10 Å². The van der Waals surface area contributed by atoms with E-state index in [9.17, 15) is 4.79 Å².